The van der Waals surface area contributed by atoms with E-state index >= 15 is 0 Å². The first-order chi connectivity index (χ1) is 19.3. The molecular formula is C38H27N. The first kappa shape index (κ1) is 23.0. The fraction of sp³-hybridized carbons (Fsp3) is 0. The average molecular weight is 498 g/mol. The van der Waals surface area contributed by atoms with Crippen LogP contribution >= 0.6 is 0 Å². The lowest BCUT2D eigenvalue weighted by molar-refractivity contribution is 1.53. The van der Waals surface area contributed by atoms with E-state index in [9.17, 15) is 0 Å². The Bertz CT molecular complexity index is 1900. The quantitative estimate of drug-likeness (QED) is 0.233. The number of nitrogens with one attached hydrogen (secondary N) is 1. The van der Waals surface area contributed by atoms with Crippen molar-refractivity contribution in [2.75, 3.05) is 5.32 Å². The highest BCUT2D eigenvalue weighted by Crippen LogP contribution is 2.39. The van der Waals surface area contributed by atoms with Gasteiger partial charge in [0.05, 0.1) is 0 Å². The van der Waals surface area contributed by atoms with Crippen LogP contribution in [0.1, 0.15) is 0 Å². The highest BCUT2D eigenvalue weighted by Gasteiger charge is 2.12. The summed E-state index contributed by atoms with van der Waals surface area (Å²) in [5.41, 5.74) is 9.53. The van der Waals surface area contributed by atoms with Crippen molar-refractivity contribution in [2.24, 2.45) is 0 Å². The Kier molecular flexibility index (Phi) is 5.88. The zero-order chi connectivity index (χ0) is 26.0. The summed E-state index contributed by atoms with van der Waals surface area (Å²) in [5.74, 6) is 0. The van der Waals surface area contributed by atoms with Gasteiger partial charge in [-0.05, 0) is 85.3 Å². The van der Waals surface area contributed by atoms with Gasteiger partial charge in [-0.25, -0.2) is 0 Å². The molecule has 0 aliphatic carbocycles. The number of hydrogen-bond donors (Lipinski definition) is 1. The molecule has 1 nitrogen and oxygen atoms in total. The van der Waals surface area contributed by atoms with Crippen LogP contribution in [0.3, 0.4) is 0 Å². The Morgan fingerprint density at radius 1 is 0.308 bits per heavy atom. The van der Waals surface area contributed by atoms with E-state index in [4.69, 9.17) is 0 Å². The van der Waals surface area contributed by atoms with E-state index in [-0.39, 0.29) is 0 Å². The maximum atomic E-state index is 3.55. The third kappa shape index (κ3) is 4.45. The molecule has 0 unspecified atom stereocenters. The van der Waals surface area contributed by atoms with E-state index in [2.05, 4.69) is 157 Å². The number of hydrogen-bond acceptors (Lipinski definition) is 1. The zero-order valence-electron chi connectivity index (χ0n) is 21.5. The molecule has 184 valence electrons. The van der Waals surface area contributed by atoms with Crippen molar-refractivity contribution < 1.29 is 0 Å². The lowest BCUT2D eigenvalue weighted by Crippen LogP contribution is -1.91. The van der Waals surface area contributed by atoms with Gasteiger partial charge in [-0.2, -0.15) is 0 Å². The molecule has 0 amide bonds. The van der Waals surface area contributed by atoms with E-state index in [0.717, 1.165) is 11.4 Å². The summed E-state index contributed by atoms with van der Waals surface area (Å²) in [5, 5.41) is 8.68. The lowest BCUT2D eigenvalue weighted by Gasteiger charge is -2.15. The van der Waals surface area contributed by atoms with Crippen LogP contribution in [-0.4, -0.2) is 0 Å². The molecule has 0 atom stereocenters. The molecule has 0 aliphatic heterocycles. The van der Waals surface area contributed by atoms with Crippen LogP contribution in [0.25, 0.3) is 54.9 Å². The van der Waals surface area contributed by atoms with Crippen LogP contribution in [0.4, 0.5) is 11.4 Å². The molecule has 7 aromatic carbocycles. The largest absolute Gasteiger partial charge is 0.356 e. The zero-order valence-corrected chi connectivity index (χ0v) is 21.5. The highest BCUT2D eigenvalue weighted by molar-refractivity contribution is 6.14. The predicted octanol–water partition coefficient (Wildman–Crippen LogP) is 10.7. The molecule has 0 saturated carbocycles. The maximum absolute atomic E-state index is 3.55. The minimum absolute atomic E-state index is 1.07. The second-order valence-corrected chi connectivity index (χ2v) is 9.88. The molecule has 0 aliphatic rings. The fourth-order valence-electron chi connectivity index (χ4n) is 5.52. The third-order valence-corrected chi connectivity index (χ3v) is 7.46. The maximum Gasteiger partial charge on any atom is 0.0384 e. The smallest absolute Gasteiger partial charge is 0.0384 e. The molecule has 0 spiro atoms. The highest BCUT2D eigenvalue weighted by atomic mass is 14.9. The van der Waals surface area contributed by atoms with E-state index in [0.29, 0.717) is 0 Å². The molecule has 1 heteroatoms. The van der Waals surface area contributed by atoms with Crippen molar-refractivity contribution in [3.8, 4) is 33.4 Å². The summed E-state index contributed by atoms with van der Waals surface area (Å²) in [6, 6.07) is 56.3. The molecular weight excluding hydrogens is 470 g/mol. The summed E-state index contributed by atoms with van der Waals surface area (Å²) in [4.78, 5) is 0. The van der Waals surface area contributed by atoms with Crippen LogP contribution in [0.15, 0.2) is 158 Å². The van der Waals surface area contributed by atoms with Gasteiger partial charge >= 0.3 is 0 Å². The Balaban J connectivity index is 1.22. The van der Waals surface area contributed by atoms with E-state index in [1.54, 1.807) is 0 Å². The molecule has 0 saturated heterocycles. The average Bonchev–Trinajstić information content (AvgIpc) is 3.02. The Labute approximate surface area is 229 Å². The van der Waals surface area contributed by atoms with Crippen LogP contribution in [-0.2, 0) is 0 Å². The fourth-order valence-corrected chi connectivity index (χ4v) is 5.52. The first-order valence-corrected chi connectivity index (χ1v) is 13.4. The van der Waals surface area contributed by atoms with Crippen LogP contribution in [0.2, 0.25) is 0 Å². The predicted molar refractivity (Wildman–Crippen MR) is 167 cm³/mol. The van der Waals surface area contributed by atoms with Gasteiger partial charge in [0.25, 0.3) is 0 Å². The van der Waals surface area contributed by atoms with Gasteiger partial charge in [0.2, 0.25) is 0 Å². The number of rotatable bonds is 5. The number of fused-ring (bicyclic) bond motifs is 3. The van der Waals surface area contributed by atoms with Crippen molar-refractivity contribution in [1.82, 2.24) is 0 Å². The van der Waals surface area contributed by atoms with Crippen molar-refractivity contribution in [3.63, 3.8) is 0 Å². The van der Waals surface area contributed by atoms with E-state index < -0.39 is 0 Å². The van der Waals surface area contributed by atoms with Gasteiger partial charge in [-0.15, -0.1) is 0 Å². The molecule has 0 aromatic heterocycles. The molecule has 7 aromatic rings. The monoisotopic (exact) mass is 497 g/mol. The van der Waals surface area contributed by atoms with Gasteiger partial charge in [0.1, 0.15) is 0 Å². The van der Waals surface area contributed by atoms with Gasteiger partial charge in [-0.3, -0.25) is 0 Å². The van der Waals surface area contributed by atoms with Gasteiger partial charge < -0.3 is 5.32 Å². The molecule has 0 radical (unpaired) electrons. The molecule has 1 N–H and O–H groups in total. The van der Waals surface area contributed by atoms with Crippen molar-refractivity contribution in [1.29, 1.82) is 0 Å². The molecule has 0 bridgehead atoms. The standard InChI is InChI=1S/C38H27N/c1-2-10-27(11-3-1)28-18-22-31(23-19-28)39-32-24-20-29(21-25-32)33-13-6-7-16-36(33)38-26-30-12-4-5-14-34(30)35-15-8-9-17-37(35)38/h1-26,39H. The van der Waals surface area contributed by atoms with Crippen LogP contribution < -0.4 is 5.32 Å². The first-order valence-electron chi connectivity index (χ1n) is 13.4. The van der Waals surface area contributed by atoms with Gasteiger partial charge in [-0.1, -0.05) is 127 Å². The Morgan fingerprint density at radius 2 is 0.821 bits per heavy atom. The summed E-state index contributed by atoms with van der Waals surface area (Å²) in [6.07, 6.45) is 0. The summed E-state index contributed by atoms with van der Waals surface area (Å²) in [7, 11) is 0. The normalized spacial score (nSPS) is 11.1. The topological polar surface area (TPSA) is 12.0 Å². The molecule has 7 rings (SSSR count). The van der Waals surface area contributed by atoms with Crippen molar-refractivity contribution in [2.45, 2.75) is 0 Å². The summed E-state index contributed by atoms with van der Waals surface area (Å²) >= 11 is 0. The van der Waals surface area contributed by atoms with E-state index in [1.807, 2.05) is 6.07 Å². The second kappa shape index (κ2) is 9.96. The molecule has 0 fully saturated rings. The third-order valence-electron chi connectivity index (χ3n) is 7.46. The minimum Gasteiger partial charge on any atom is -0.356 e. The van der Waals surface area contributed by atoms with Crippen molar-refractivity contribution >= 4 is 32.9 Å². The molecule has 0 heterocycles. The SMILES string of the molecule is c1ccc(-c2ccc(Nc3ccc(-c4ccccc4-c4cc5ccccc5c5ccccc45)cc3)cc2)cc1. The second-order valence-electron chi connectivity index (χ2n) is 9.88. The van der Waals surface area contributed by atoms with Gasteiger partial charge in [0, 0.05) is 11.4 Å². The van der Waals surface area contributed by atoms with Gasteiger partial charge in [0.15, 0.2) is 0 Å². The summed E-state index contributed by atoms with van der Waals surface area (Å²) in [6.45, 7) is 0. The lowest BCUT2D eigenvalue weighted by atomic mass is 9.89. The van der Waals surface area contributed by atoms with Crippen molar-refractivity contribution in [3.05, 3.63) is 158 Å². The Morgan fingerprint density at radius 3 is 1.54 bits per heavy atom. The summed E-state index contributed by atoms with van der Waals surface area (Å²) < 4.78 is 0. The number of benzene rings is 7. The minimum atomic E-state index is 1.07. The van der Waals surface area contributed by atoms with Crippen LogP contribution in [0.5, 0.6) is 0 Å². The van der Waals surface area contributed by atoms with E-state index in [1.165, 1.54) is 54.9 Å². The van der Waals surface area contributed by atoms with Crippen LogP contribution in [0, 0.1) is 0 Å². The number of anilines is 2. The molecule has 39 heavy (non-hydrogen) atoms. The Hall–Kier alpha value is -5.14.